The number of aromatic nitrogens is 1. The summed E-state index contributed by atoms with van der Waals surface area (Å²) in [7, 11) is 0. The lowest BCUT2D eigenvalue weighted by Crippen LogP contribution is -2.24. The lowest BCUT2D eigenvalue weighted by molar-refractivity contribution is 0.279. The van der Waals surface area contributed by atoms with Crippen LogP contribution < -0.4 is 5.56 Å². The normalized spacial score (nSPS) is 14.7. The third kappa shape index (κ3) is 2.66. The minimum absolute atomic E-state index is 0.0505. The minimum Gasteiger partial charge on any atom is -0.391 e. The van der Waals surface area contributed by atoms with Gasteiger partial charge in [-0.05, 0) is 42.0 Å². The lowest BCUT2D eigenvalue weighted by atomic mass is 10.0. The highest BCUT2D eigenvalue weighted by atomic mass is 16.3. The molecule has 0 unspecified atom stereocenters. The Morgan fingerprint density at radius 3 is 2.33 bits per heavy atom. The molecule has 1 fully saturated rings. The fourth-order valence-corrected chi connectivity index (χ4v) is 2.68. The fourth-order valence-electron chi connectivity index (χ4n) is 2.68. The van der Waals surface area contributed by atoms with Crippen molar-refractivity contribution in [3.63, 3.8) is 0 Å². The van der Waals surface area contributed by atoms with E-state index < -0.39 is 0 Å². The first-order chi connectivity index (χ1) is 10.1. The van der Waals surface area contributed by atoms with E-state index in [4.69, 9.17) is 0 Å². The first-order valence-corrected chi connectivity index (χ1v) is 7.57. The summed E-state index contributed by atoms with van der Waals surface area (Å²) < 4.78 is 1.86. The molecule has 0 bridgehead atoms. The third-order valence-corrected chi connectivity index (χ3v) is 4.15. The Bertz CT molecular complexity index is 694. The van der Waals surface area contributed by atoms with Crippen LogP contribution in [0.4, 0.5) is 0 Å². The van der Waals surface area contributed by atoms with Crippen LogP contribution in [0.5, 0.6) is 0 Å². The van der Waals surface area contributed by atoms with E-state index in [-0.39, 0.29) is 12.2 Å². The number of pyridine rings is 1. The van der Waals surface area contributed by atoms with Gasteiger partial charge < -0.3 is 9.67 Å². The molecule has 0 saturated heterocycles. The van der Waals surface area contributed by atoms with Gasteiger partial charge in [-0.25, -0.2) is 0 Å². The van der Waals surface area contributed by atoms with Crippen molar-refractivity contribution in [1.29, 1.82) is 0 Å². The van der Waals surface area contributed by atoms with Gasteiger partial charge in [0, 0.05) is 11.6 Å². The van der Waals surface area contributed by atoms with Crippen LogP contribution in [0.3, 0.4) is 0 Å². The van der Waals surface area contributed by atoms with Crippen LogP contribution >= 0.6 is 0 Å². The highest BCUT2D eigenvalue weighted by Gasteiger charge is 2.27. The molecule has 3 heteroatoms. The highest BCUT2D eigenvalue weighted by molar-refractivity contribution is 5.61. The van der Waals surface area contributed by atoms with Gasteiger partial charge in [0.15, 0.2) is 0 Å². The second-order valence-corrected chi connectivity index (χ2v) is 6.08. The van der Waals surface area contributed by atoms with Gasteiger partial charge in [0.25, 0.3) is 5.56 Å². The van der Waals surface area contributed by atoms with Crippen molar-refractivity contribution in [3.05, 3.63) is 57.9 Å². The Hall–Kier alpha value is -1.87. The van der Waals surface area contributed by atoms with Crippen LogP contribution in [0.15, 0.2) is 41.2 Å². The molecule has 110 valence electrons. The third-order valence-electron chi connectivity index (χ3n) is 4.15. The zero-order valence-corrected chi connectivity index (χ0v) is 12.5. The molecule has 3 rings (SSSR count). The van der Waals surface area contributed by atoms with E-state index in [1.165, 1.54) is 5.56 Å². The maximum Gasteiger partial charge on any atom is 0.256 e. The van der Waals surface area contributed by atoms with Crippen LogP contribution in [0.1, 0.15) is 49.8 Å². The molecule has 2 aromatic rings. The number of hydrogen-bond acceptors (Lipinski definition) is 2. The number of rotatable bonds is 4. The van der Waals surface area contributed by atoms with Crippen molar-refractivity contribution in [2.75, 3.05) is 0 Å². The topological polar surface area (TPSA) is 42.2 Å². The molecule has 3 nitrogen and oxygen atoms in total. The van der Waals surface area contributed by atoms with Crippen molar-refractivity contribution in [3.8, 4) is 11.3 Å². The van der Waals surface area contributed by atoms with Crippen molar-refractivity contribution in [1.82, 2.24) is 4.57 Å². The molecule has 0 aliphatic heterocycles. The molecule has 1 heterocycles. The minimum atomic E-state index is -0.196. The van der Waals surface area contributed by atoms with Gasteiger partial charge in [0.2, 0.25) is 0 Å². The first kappa shape index (κ1) is 14.1. The number of aliphatic hydroxyl groups is 1. The largest absolute Gasteiger partial charge is 0.391 e. The van der Waals surface area contributed by atoms with Crippen LogP contribution in [0.25, 0.3) is 11.3 Å². The summed E-state index contributed by atoms with van der Waals surface area (Å²) >= 11 is 0. The number of nitrogens with zero attached hydrogens (tertiary/aromatic N) is 1. The summed E-state index contributed by atoms with van der Waals surface area (Å²) in [6.07, 6.45) is 2.09. The van der Waals surface area contributed by atoms with E-state index in [1.54, 1.807) is 6.07 Å². The highest BCUT2D eigenvalue weighted by Crippen LogP contribution is 2.37. The first-order valence-electron chi connectivity index (χ1n) is 7.57. The standard InChI is InChI=1S/C18H21NO2/c1-12(2)13-3-5-14(6-4-13)17-10-7-15(11-20)18(21)19(17)16-8-9-16/h3-7,10,12,16,20H,8-9,11H2,1-2H3. The van der Waals surface area contributed by atoms with Crippen LogP contribution in [0, 0.1) is 0 Å². The van der Waals surface area contributed by atoms with E-state index in [0.717, 1.165) is 24.1 Å². The van der Waals surface area contributed by atoms with Crippen LogP contribution in [-0.2, 0) is 6.61 Å². The molecule has 1 aromatic carbocycles. The summed E-state index contributed by atoms with van der Waals surface area (Å²) in [4.78, 5) is 12.5. The van der Waals surface area contributed by atoms with E-state index >= 15 is 0 Å². The van der Waals surface area contributed by atoms with E-state index in [0.29, 0.717) is 17.5 Å². The molecule has 1 aliphatic rings. The summed E-state index contributed by atoms with van der Waals surface area (Å²) in [6, 6.07) is 12.4. The fraction of sp³-hybridized carbons (Fsp3) is 0.389. The Morgan fingerprint density at radius 2 is 1.81 bits per heavy atom. The van der Waals surface area contributed by atoms with Crippen molar-refractivity contribution in [2.24, 2.45) is 0 Å². The summed E-state index contributed by atoms with van der Waals surface area (Å²) in [5, 5.41) is 9.29. The second kappa shape index (κ2) is 5.49. The van der Waals surface area contributed by atoms with Crippen molar-refractivity contribution >= 4 is 0 Å². The summed E-state index contributed by atoms with van der Waals surface area (Å²) in [5.41, 5.74) is 3.74. The SMILES string of the molecule is CC(C)c1ccc(-c2ccc(CO)c(=O)n2C2CC2)cc1. The Labute approximate surface area is 124 Å². The average Bonchev–Trinajstić information content (AvgIpc) is 3.31. The van der Waals surface area contributed by atoms with Crippen molar-refractivity contribution < 1.29 is 5.11 Å². The number of hydrogen-bond donors (Lipinski definition) is 1. The van der Waals surface area contributed by atoms with Crippen LogP contribution in [-0.4, -0.2) is 9.67 Å². The quantitative estimate of drug-likeness (QED) is 0.933. The van der Waals surface area contributed by atoms with Gasteiger partial charge in [-0.1, -0.05) is 38.1 Å². The van der Waals surface area contributed by atoms with Gasteiger partial charge in [0.1, 0.15) is 0 Å². The second-order valence-electron chi connectivity index (χ2n) is 6.08. The van der Waals surface area contributed by atoms with Gasteiger partial charge in [-0.2, -0.15) is 0 Å². The molecular formula is C18H21NO2. The monoisotopic (exact) mass is 283 g/mol. The molecule has 0 amide bonds. The van der Waals surface area contributed by atoms with E-state index in [9.17, 15) is 9.90 Å². The molecule has 1 N–H and O–H groups in total. The Balaban J connectivity index is 2.09. The van der Waals surface area contributed by atoms with E-state index in [1.807, 2.05) is 10.6 Å². The molecule has 1 aromatic heterocycles. The molecule has 21 heavy (non-hydrogen) atoms. The maximum absolute atomic E-state index is 12.5. The molecule has 0 radical (unpaired) electrons. The van der Waals surface area contributed by atoms with Gasteiger partial charge in [0.05, 0.1) is 12.3 Å². The van der Waals surface area contributed by atoms with Crippen LogP contribution in [0.2, 0.25) is 0 Å². The zero-order valence-electron chi connectivity index (χ0n) is 12.5. The van der Waals surface area contributed by atoms with Crippen molar-refractivity contribution in [2.45, 2.75) is 45.3 Å². The predicted octanol–water partition coefficient (Wildman–Crippen LogP) is 3.47. The molecular weight excluding hydrogens is 262 g/mol. The zero-order chi connectivity index (χ0) is 15.0. The van der Waals surface area contributed by atoms with E-state index in [2.05, 4.69) is 38.1 Å². The molecule has 0 atom stereocenters. The smallest absolute Gasteiger partial charge is 0.256 e. The Kier molecular flexibility index (Phi) is 3.68. The van der Waals surface area contributed by atoms with Gasteiger partial charge in [-0.3, -0.25) is 4.79 Å². The summed E-state index contributed by atoms with van der Waals surface area (Å²) in [6.45, 7) is 4.15. The lowest BCUT2D eigenvalue weighted by Gasteiger charge is -2.14. The van der Waals surface area contributed by atoms with Gasteiger partial charge in [-0.15, -0.1) is 0 Å². The Morgan fingerprint density at radius 1 is 1.14 bits per heavy atom. The number of aliphatic hydroxyl groups excluding tert-OH is 1. The van der Waals surface area contributed by atoms with Gasteiger partial charge >= 0.3 is 0 Å². The number of benzene rings is 1. The average molecular weight is 283 g/mol. The summed E-state index contributed by atoms with van der Waals surface area (Å²) in [5.74, 6) is 0.501. The molecule has 1 saturated carbocycles. The molecule has 0 spiro atoms. The predicted molar refractivity (Wildman–Crippen MR) is 84.4 cm³/mol. The molecule has 1 aliphatic carbocycles. The maximum atomic E-state index is 12.5.